The average Bonchev–Trinajstić information content (AvgIpc) is 2.44. The van der Waals surface area contributed by atoms with Gasteiger partial charge in [-0.2, -0.15) is 0 Å². The van der Waals surface area contributed by atoms with E-state index in [1.807, 2.05) is 31.2 Å². The number of rotatable bonds is 6. The van der Waals surface area contributed by atoms with Gasteiger partial charge in [-0.05, 0) is 25.5 Å². The van der Waals surface area contributed by atoms with Crippen molar-refractivity contribution in [2.45, 2.75) is 26.7 Å². The number of hydrogen-bond acceptors (Lipinski definition) is 5. The molecule has 1 heterocycles. The zero-order valence-corrected chi connectivity index (χ0v) is 11.8. The normalized spacial score (nSPS) is 10.3. The van der Waals surface area contributed by atoms with Crippen LogP contribution in [0.15, 0.2) is 30.6 Å². The average molecular weight is 273 g/mol. The van der Waals surface area contributed by atoms with Gasteiger partial charge in [0.05, 0.1) is 12.2 Å². The van der Waals surface area contributed by atoms with Gasteiger partial charge in [0.2, 0.25) is 5.88 Å². The molecule has 2 N–H and O–H groups in total. The number of nitrogens with zero attached hydrogens (tertiary/aromatic N) is 2. The number of aromatic nitrogens is 2. The Labute approximate surface area is 118 Å². The Morgan fingerprint density at radius 2 is 1.95 bits per heavy atom. The van der Waals surface area contributed by atoms with E-state index in [9.17, 15) is 0 Å². The molecule has 2 aromatic rings. The summed E-state index contributed by atoms with van der Waals surface area (Å²) in [7, 11) is 0. The van der Waals surface area contributed by atoms with Crippen molar-refractivity contribution >= 4 is 5.82 Å². The molecule has 0 radical (unpaired) electrons. The molecule has 0 fully saturated rings. The van der Waals surface area contributed by atoms with Gasteiger partial charge in [0, 0.05) is 6.07 Å². The predicted molar refractivity (Wildman–Crippen MR) is 78.1 cm³/mol. The highest BCUT2D eigenvalue weighted by Crippen LogP contribution is 2.28. The first-order valence-corrected chi connectivity index (χ1v) is 6.74. The Morgan fingerprint density at radius 3 is 2.70 bits per heavy atom. The largest absolute Gasteiger partial charge is 0.494 e. The van der Waals surface area contributed by atoms with Crippen LogP contribution in [-0.2, 0) is 6.42 Å². The van der Waals surface area contributed by atoms with Crippen LogP contribution in [0.5, 0.6) is 17.4 Å². The van der Waals surface area contributed by atoms with Gasteiger partial charge in [-0.3, -0.25) is 0 Å². The lowest BCUT2D eigenvalue weighted by Gasteiger charge is -2.11. The summed E-state index contributed by atoms with van der Waals surface area (Å²) < 4.78 is 11.3. The van der Waals surface area contributed by atoms with E-state index in [1.54, 1.807) is 0 Å². The fourth-order valence-corrected chi connectivity index (χ4v) is 1.89. The monoisotopic (exact) mass is 273 g/mol. The second-order valence-electron chi connectivity index (χ2n) is 4.30. The van der Waals surface area contributed by atoms with Crippen molar-refractivity contribution in [3.63, 3.8) is 0 Å². The summed E-state index contributed by atoms with van der Waals surface area (Å²) in [5.41, 5.74) is 6.73. The van der Waals surface area contributed by atoms with Crippen LogP contribution in [0, 0.1) is 0 Å². The summed E-state index contributed by atoms with van der Waals surface area (Å²) >= 11 is 0. The highest BCUT2D eigenvalue weighted by Gasteiger charge is 2.11. The van der Waals surface area contributed by atoms with Crippen LogP contribution in [0.3, 0.4) is 0 Å². The summed E-state index contributed by atoms with van der Waals surface area (Å²) in [6.45, 7) is 4.63. The maximum absolute atomic E-state index is 5.88. The summed E-state index contributed by atoms with van der Waals surface area (Å²) in [5.74, 6) is 2.42. The number of ether oxygens (including phenoxy) is 2. The third kappa shape index (κ3) is 3.38. The van der Waals surface area contributed by atoms with E-state index < -0.39 is 0 Å². The van der Waals surface area contributed by atoms with Crippen LogP contribution in [0.1, 0.15) is 25.8 Å². The SMILES string of the molecule is CCCc1c(N)ncnc1Oc1cccc(OCC)c1. The third-order valence-corrected chi connectivity index (χ3v) is 2.77. The van der Waals surface area contributed by atoms with Gasteiger partial charge in [0.1, 0.15) is 23.6 Å². The fraction of sp³-hybridized carbons (Fsp3) is 0.333. The fourth-order valence-electron chi connectivity index (χ4n) is 1.89. The standard InChI is InChI=1S/C15H19N3O2/c1-3-6-13-14(16)17-10-18-15(13)20-12-8-5-7-11(9-12)19-4-2/h5,7-10H,3-4,6H2,1-2H3,(H2,16,17,18). The van der Waals surface area contributed by atoms with E-state index in [4.69, 9.17) is 15.2 Å². The van der Waals surface area contributed by atoms with E-state index in [1.165, 1.54) is 6.33 Å². The van der Waals surface area contributed by atoms with Crippen molar-refractivity contribution in [3.8, 4) is 17.4 Å². The Balaban J connectivity index is 2.25. The number of hydrogen-bond donors (Lipinski definition) is 1. The Hall–Kier alpha value is -2.30. The van der Waals surface area contributed by atoms with Crippen molar-refractivity contribution in [1.82, 2.24) is 9.97 Å². The van der Waals surface area contributed by atoms with Gasteiger partial charge in [-0.25, -0.2) is 9.97 Å². The Kier molecular flexibility index (Phi) is 4.76. The molecule has 1 aromatic heterocycles. The van der Waals surface area contributed by atoms with Gasteiger partial charge in [-0.15, -0.1) is 0 Å². The van der Waals surface area contributed by atoms with E-state index in [0.29, 0.717) is 24.1 Å². The molecule has 5 nitrogen and oxygen atoms in total. The molecule has 0 spiro atoms. The van der Waals surface area contributed by atoms with Gasteiger partial charge in [-0.1, -0.05) is 19.4 Å². The Morgan fingerprint density at radius 1 is 1.15 bits per heavy atom. The maximum atomic E-state index is 5.88. The minimum Gasteiger partial charge on any atom is -0.494 e. The molecule has 1 aromatic carbocycles. The van der Waals surface area contributed by atoms with Crippen LogP contribution >= 0.6 is 0 Å². The molecule has 0 unspecified atom stereocenters. The van der Waals surface area contributed by atoms with E-state index in [0.717, 1.165) is 24.2 Å². The van der Waals surface area contributed by atoms with Crippen molar-refractivity contribution in [3.05, 3.63) is 36.2 Å². The molecule has 0 amide bonds. The quantitative estimate of drug-likeness (QED) is 0.875. The van der Waals surface area contributed by atoms with Crippen molar-refractivity contribution < 1.29 is 9.47 Å². The maximum Gasteiger partial charge on any atom is 0.227 e. The van der Waals surface area contributed by atoms with Crippen molar-refractivity contribution in [2.75, 3.05) is 12.3 Å². The highest BCUT2D eigenvalue weighted by molar-refractivity contribution is 5.46. The first-order valence-electron chi connectivity index (χ1n) is 6.74. The Bertz CT molecular complexity index is 573. The van der Waals surface area contributed by atoms with Crippen LogP contribution in [0.2, 0.25) is 0 Å². The van der Waals surface area contributed by atoms with Crippen molar-refractivity contribution in [2.24, 2.45) is 0 Å². The molecule has 5 heteroatoms. The first kappa shape index (κ1) is 14.1. The molecule has 106 valence electrons. The summed E-state index contributed by atoms with van der Waals surface area (Å²) in [4.78, 5) is 8.18. The molecule has 0 bridgehead atoms. The molecule has 0 saturated carbocycles. The summed E-state index contributed by atoms with van der Waals surface area (Å²) in [5, 5.41) is 0. The molecule has 0 aliphatic heterocycles. The van der Waals surface area contributed by atoms with Gasteiger partial charge in [0.25, 0.3) is 0 Å². The topological polar surface area (TPSA) is 70.3 Å². The molecular weight excluding hydrogens is 254 g/mol. The molecule has 2 rings (SSSR count). The van der Waals surface area contributed by atoms with E-state index in [2.05, 4.69) is 16.9 Å². The van der Waals surface area contributed by atoms with Crippen LogP contribution in [0.25, 0.3) is 0 Å². The highest BCUT2D eigenvalue weighted by atomic mass is 16.5. The molecular formula is C15H19N3O2. The van der Waals surface area contributed by atoms with Crippen LogP contribution in [0.4, 0.5) is 5.82 Å². The molecule has 0 atom stereocenters. The second kappa shape index (κ2) is 6.75. The number of anilines is 1. The first-order chi connectivity index (χ1) is 9.74. The number of nitrogens with two attached hydrogens (primary N) is 1. The van der Waals surface area contributed by atoms with Gasteiger partial charge in [0.15, 0.2) is 0 Å². The van der Waals surface area contributed by atoms with Gasteiger partial charge < -0.3 is 15.2 Å². The van der Waals surface area contributed by atoms with E-state index in [-0.39, 0.29) is 0 Å². The third-order valence-electron chi connectivity index (χ3n) is 2.77. The zero-order valence-electron chi connectivity index (χ0n) is 11.8. The minimum atomic E-state index is 0.470. The van der Waals surface area contributed by atoms with Crippen LogP contribution in [-0.4, -0.2) is 16.6 Å². The molecule has 0 aliphatic rings. The minimum absolute atomic E-state index is 0.470. The zero-order chi connectivity index (χ0) is 14.4. The number of nitrogen functional groups attached to an aromatic ring is 1. The molecule has 0 saturated heterocycles. The van der Waals surface area contributed by atoms with Crippen molar-refractivity contribution in [1.29, 1.82) is 0 Å². The van der Waals surface area contributed by atoms with Crippen LogP contribution < -0.4 is 15.2 Å². The lowest BCUT2D eigenvalue weighted by Crippen LogP contribution is -2.02. The lowest BCUT2D eigenvalue weighted by molar-refractivity contribution is 0.337. The van der Waals surface area contributed by atoms with E-state index >= 15 is 0 Å². The molecule has 20 heavy (non-hydrogen) atoms. The summed E-state index contributed by atoms with van der Waals surface area (Å²) in [6, 6.07) is 7.45. The summed E-state index contributed by atoms with van der Waals surface area (Å²) in [6.07, 6.45) is 3.15. The number of benzene rings is 1. The smallest absolute Gasteiger partial charge is 0.227 e. The van der Waals surface area contributed by atoms with Gasteiger partial charge >= 0.3 is 0 Å². The predicted octanol–water partition coefficient (Wildman–Crippen LogP) is 3.20. The second-order valence-corrected chi connectivity index (χ2v) is 4.30. The molecule has 0 aliphatic carbocycles. The lowest BCUT2D eigenvalue weighted by atomic mass is 10.2.